The molecule has 11 nitrogen and oxygen atoms in total. The van der Waals surface area contributed by atoms with Gasteiger partial charge in [-0.05, 0) is 38.3 Å². The van der Waals surface area contributed by atoms with E-state index in [1.54, 1.807) is 27.1 Å². The van der Waals surface area contributed by atoms with E-state index < -0.39 is 17.5 Å². The quantitative estimate of drug-likeness (QED) is 0.178. The molecule has 1 aliphatic rings. The molecule has 0 saturated heterocycles. The molecule has 1 aliphatic carbocycles. The maximum absolute atomic E-state index is 12.6. The van der Waals surface area contributed by atoms with Crippen LogP contribution in [0.5, 0.6) is 0 Å². The Morgan fingerprint density at radius 1 is 0.956 bits per heavy atom. The van der Waals surface area contributed by atoms with Gasteiger partial charge in [0.05, 0.1) is 25.9 Å². The van der Waals surface area contributed by atoms with Gasteiger partial charge < -0.3 is 24.7 Å². The molecule has 2 N–H and O–H groups in total. The molecule has 0 radical (unpaired) electrons. The van der Waals surface area contributed by atoms with E-state index in [1.807, 2.05) is 53.1 Å². The lowest BCUT2D eigenvalue weighted by atomic mass is 9.91. The normalized spacial score (nSPS) is 16.1. The maximum atomic E-state index is 12.6. The molecule has 234 valence electrons. The van der Waals surface area contributed by atoms with Crippen LogP contribution in [-0.2, 0) is 19.1 Å². The highest BCUT2D eigenvalue weighted by molar-refractivity contribution is 5.91. The number of nitrogens with zero attached hydrogens (tertiary/aromatic N) is 4. The zero-order chi connectivity index (χ0) is 32.0. The second kappa shape index (κ2) is 13.7. The number of imidazole rings is 1. The van der Waals surface area contributed by atoms with E-state index in [4.69, 9.17) is 9.47 Å². The molecule has 0 fully saturated rings. The van der Waals surface area contributed by atoms with E-state index in [0.717, 1.165) is 11.1 Å². The first-order chi connectivity index (χ1) is 21.6. The molecule has 11 heteroatoms. The number of rotatable bonds is 11. The summed E-state index contributed by atoms with van der Waals surface area (Å²) in [4.78, 5) is 50.8. The molecule has 0 aliphatic heterocycles. The molecule has 0 spiro atoms. The van der Waals surface area contributed by atoms with Crippen LogP contribution in [0, 0.1) is 0 Å². The highest BCUT2D eigenvalue weighted by atomic mass is 16.6. The Balaban J connectivity index is 1.33. The van der Waals surface area contributed by atoms with Gasteiger partial charge in [-0.25, -0.2) is 19.7 Å². The average Bonchev–Trinajstić information content (AvgIpc) is 3.67. The molecule has 2 heterocycles. The Morgan fingerprint density at radius 2 is 1.62 bits per heavy atom. The molecule has 0 unspecified atom stereocenters. The molecule has 2 aromatic heterocycles. The number of anilines is 1. The first-order valence-electron chi connectivity index (χ1n) is 15.0. The Kier molecular flexibility index (Phi) is 9.56. The van der Waals surface area contributed by atoms with Gasteiger partial charge >= 0.3 is 11.9 Å². The SMILES string of the molecule is COC(=O)c1nc(NCC(c2ccccc2)c2ccccc2)c2ncn([C@H]3C=C[C@@H](NC(=O)CCC(=O)OC(C)(C)C)C3)c2n1. The number of amides is 1. The van der Waals surface area contributed by atoms with Gasteiger partial charge in [-0.1, -0.05) is 72.8 Å². The summed E-state index contributed by atoms with van der Waals surface area (Å²) in [5.41, 5.74) is 2.66. The number of esters is 2. The van der Waals surface area contributed by atoms with Crippen LogP contribution >= 0.6 is 0 Å². The third kappa shape index (κ3) is 7.91. The van der Waals surface area contributed by atoms with Crippen molar-refractivity contribution in [1.29, 1.82) is 0 Å². The molecule has 2 atom stereocenters. The lowest BCUT2D eigenvalue weighted by Crippen LogP contribution is -2.33. The molecule has 0 bridgehead atoms. The number of hydrogen-bond donors (Lipinski definition) is 2. The van der Waals surface area contributed by atoms with E-state index >= 15 is 0 Å². The number of benzene rings is 2. The monoisotopic (exact) mass is 610 g/mol. The van der Waals surface area contributed by atoms with Crippen LogP contribution in [0.3, 0.4) is 0 Å². The highest BCUT2D eigenvalue weighted by Gasteiger charge is 2.27. The summed E-state index contributed by atoms with van der Waals surface area (Å²) >= 11 is 0. The lowest BCUT2D eigenvalue weighted by molar-refractivity contribution is -0.155. The fourth-order valence-corrected chi connectivity index (χ4v) is 5.34. The van der Waals surface area contributed by atoms with Crippen molar-refractivity contribution in [3.63, 3.8) is 0 Å². The molecule has 1 amide bonds. The van der Waals surface area contributed by atoms with Crippen molar-refractivity contribution in [2.45, 2.75) is 63.6 Å². The molecule has 45 heavy (non-hydrogen) atoms. The summed E-state index contributed by atoms with van der Waals surface area (Å²) in [6.45, 7) is 5.86. The minimum atomic E-state index is -0.660. The fourth-order valence-electron chi connectivity index (χ4n) is 5.34. The van der Waals surface area contributed by atoms with Crippen LogP contribution in [0.2, 0.25) is 0 Å². The summed E-state index contributed by atoms with van der Waals surface area (Å²) in [5, 5.41) is 6.40. The van der Waals surface area contributed by atoms with Crippen molar-refractivity contribution >= 4 is 34.8 Å². The number of hydrogen-bond acceptors (Lipinski definition) is 9. The van der Waals surface area contributed by atoms with Gasteiger partial charge in [0.1, 0.15) is 5.60 Å². The minimum absolute atomic E-state index is 0.00747. The van der Waals surface area contributed by atoms with Gasteiger partial charge in [-0.15, -0.1) is 0 Å². The van der Waals surface area contributed by atoms with E-state index in [-0.39, 0.29) is 42.6 Å². The molecule has 2 aromatic carbocycles. The summed E-state index contributed by atoms with van der Waals surface area (Å²) < 4.78 is 12.1. The number of allylic oxidation sites excluding steroid dienone is 1. The largest absolute Gasteiger partial charge is 0.463 e. The Bertz CT molecular complexity index is 1640. The van der Waals surface area contributed by atoms with Crippen LogP contribution in [0.1, 0.15) is 73.7 Å². The summed E-state index contributed by atoms with van der Waals surface area (Å²) in [6.07, 6.45) is 6.14. The molecular formula is C34H38N6O5. The highest BCUT2D eigenvalue weighted by Crippen LogP contribution is 2.30. The summed E-state index contributed by atoms with van der Waals surface area (Å²) in [7, 11) is 1.29. The molecule has 0 saturated carbocycles. The molecule has 5 rings (SSSR count). The van der Waals surface area contributed by atoms with Crippen molar-refractivity contribution in [2.75, 3.05) is 19.0 Å². The van der Waals surface area contributed by atoms with Crippen molar-refractivity contribution in [2.24, 2.45) is 0 Å². The van der Waals surface area contributed by atoms with E-state index in [2.05, 4.69) is 49.9 Å². The Labute approximate surface area is 262 Å². The van der Waals surface area contributed by atoms with Crippen LogP contribution < -0.4 is 10.6 Å². The standard InChI is InChI=1S/C34H38N6O5/c1-34(2,3)45-28(42)18-17-27(41)37-24-15-16-25(19-24)40-21-36-29-30(38-31(33(43)44-4)39-32(29)40)35-20-26(22-11-7-5-8-12-22)23-13-9-6-10-14-23/h5-16,21,24-26H,17-20H2,1-4H3,(H,37,41)(H,35,38,39)/t24-,25+/m1/s1. The Hall–Kier alpha value is -5.06. The van der Waals surface area contributed by atoms with E-state index in [0.29, 0.717) is 29.9 Å². The Morgan fingerprint density at radius 3 is 2.24 bits per heavy atom. The van der Waals surface area contributed by atoms with Gasteiger partial charge in [0.25, 0.3) is 0 Å². The number of carbonyl (C=O) groups excluding carboxylic acids is 3. The van der Waals surface area contributed by atoms with Gasteiger partial charge in [-0.3, -0.25) is 9.59 Å². The van der Waals surface area contributed by atoms with Crippen LogP contribution in [0.25, 0.3) is 11.2 Å². The second-order valence-corrected chi connectivity index (χ2v) is 11.9. The number of ether oxygens (including phenoxy) is 2. The number of fused-ring (bicyclic) bond motifs is 1. The predicted octanol–water partition coefficient (Wildman–Crippen LogP) is 4.96. The average molecular weight is 611 g/mol. The smallest absolute Gasteiger partial charge is 0.376 e. The number of nitrogens with one attached hydrogen (secondary N) is 2. The lowest BCUT2D eigenvalue weighted by Gasteiger charge is -2.20. The number of carbonyl (C=O) groups is 3. The van der Waals surface area contributed by atoms with Gasteiger partial charge in [0.2, 0.25) is 11.7 Å². The van der Waals surface area contributed by atoms with Crippen molar-refractivity contribution < 1.29 is 23.9 Å². The third-order valence-corrected chi connectivity index (χ3v) is 7.41. The van der Waals surface area contributed by atoms with Crippen LogP contribution in [0.4, 0.5) is 5.82 Å². The summed E-state index contributed by atoms with van der Waals surface area (Å²) in [5.74, 6) is -0.957. The number of methoxy groups -OCH3 is 1. The van der Waals surface area contributed by atoms with Gasteiger partial charge in [-0.2, -0.15) is 0 Å². The zero-order valence-electron chi connectivity index (χ0n) is 25.9. The van der Waals surface area contributed by atoms with Crippen molar-refractivity contribution in [3.05, 3.63) is 96.1 Å². The van der Waals surface area contributed by atoms with E-state index in [9.17, 15) is 14.4 Å². The predicted molar refractivity (Wildman–Crippen MR) is 170 cm³/mol. The number of aromatic nitrogens is 4. The summed E-state index contributed by atoms with van der Waals surface area (Å²) in [6, 6.07) is 19.9. The molecule has 4 aromatic rings. The molecular weight excluding hydrogens is 572 g/mol. The topological polar surface area (TPSA) is 137 Å². The van der Waals surface area contributed by atoms with E-state index in [1.165, 1.54) is 7.11 Å². The minimum Gasteiger partial charge on any atom is -0.463 e. The van der Waals surface area contributed by atoms with Gasteiger partial charge in [0.15, 0.2) is 17.0 Å². The maximum Gasteiger partial charge on any atom is 0.376 e. The zero-order valence-corrected chi connectivity index (χ0v) is 25.9. The fraction of sp³-hybridized carbons (Fsp3) is 0.353. The van der Waals surface area contributed by atoms with Gasteiger partial charge in [0, 0.05) is 24.9 Å². The van der Waals surface area contributed by atoms with Crippen molar-refractivity contribution in [3.8, 4) is 0 Å². The third-order valence-electron chi connectivity index (χ3n) is 7.41. The van der Waals surface area contributed by atoms with Crippen LogP contribution in [0.15, 0.2) is 79.1 Å². The van der Waals surface area contributed by atoms with Crippen molar-refractivity contribution in [1.82, 2.24) is 24.8 Å². The second-order valence-electron chi connectivity index (χ2n) is 11.9. The van der Waals surface area contributed by atoms with Crippen LogP contribution in [-0.4, -0.2) is 62.7 Å². The first kappa shape index (κ1) is 31.4. The first-order valence-corrected chi connectivity index (χ1v) is 15.0.